The SMILES string of the molecule is O=C(NC1CCN(C(=O)c2ccc(-c3cccs3)cc2)CC1)c1ccccn1. The molecule has 6 heteroatoms. The Morgan fingerprint density at radius 1 is 1.00 bits per heavy atom. The molecule has 3 aromatic rings. The van der Waals surface area contributed by atoms with Gasteiger partial charge >= 0.3 is 0 Å². The highest BCUT2D eigenvalue weighted by Gasteiger charge is 2.25. The van der Waals surface area contributed by atoms with E-state index in [1.807, 2.05) is 40.6 Å². The first-order valence-electron chi connectivity index (χ1n) is 9.36. The topological polar surface area (TPSA) is 62.3 Å². The van der Waals surface area contributed by atoms with Crippen LogP contribution in [-0.2, 0) is 0 Å². The lowest BCUT2D eigenvalue weighted by atomic mass is 10.0. The number of amides is 2. The van der Waals surface area contributed by atoms with Crippen LogP contribution in [0.3, 0.4) is 0 Å². The largest absolute Gasteiger partial charge is 0.348 e. The molecule has 0 unspecified atom stereocenters. The van der Waals surface area contributed by atoms with Crippen molar-refractivity contribution in [3.8, 4) is 10.4 Å². The lowest BCUT2D eigenvalue weighted by Gasteiger charge is -2.32. The Kier molecular flexibility index (Phi) is 5.48. The van der Waals surface area contributed by atoms with Crippen molar-refractivity contribution in [1.29, 1.82) is 0 Å². The predicted octanol–water partition coefficient (Wildman–Crippen LogP) is 3.84. The van der Waals surface area contributed by atoms with Crippen LogP contribution in [0.4, 0.5) is 0 Å². The summed E-state index contributed by atoms with van der Waals surface area (Å²) in [5.74, 6) is -0.109. The van der Waals surface area contributed by atoms with Crippen LogP contribution in [0.2, 0.25) is 0 Å². The fraction of sp³-hybridized carbons (Fsp3) is 0.227. The zero-order valence-corrected chi connectivity index (χ0v) is 16.2. The molecule has 142 valence electrons. The molecule has 0 saturated carbocycles. The number of nitrogens with zero attached hydrogens (tertiary/aromatic N) is 2. The minimum absolute atomic E-state index is 0.0484. The summed E-state index contributed by atoms with van der Waals surface area (Å²) < 4.78 is 0. The van der Waals surface area contributed by atoms with E-state index in [4.69, 9.17) is 0 Å². The summed E-state index contributed by atoms with van der Waals surface area (Å²) in [5, 5.41) is 5.07. The zero-order valence-electron chi connectivity index (χ0n) is 15.4. The van der Waals surface area contributed by atoms with Crippen LogP contribution in [-0.4, -0.2) is 40.8 Å². The first-order chi connectivity index (χ1) is 13.7. The zero-order chi connectivity index (χ0) is 19.3. The normalized spacial score (nSPS) is 14.6. The average molecular weight is 391 g/mol. The molecule has 0 aliphatic carbocycles. The van der Waals surface area contributed by atoms with Crippen LogP contribution in [0.25, 0.3) is 10.4 Å². The highest BCUT2D eigenvalue weighted by molar-refractivity contribution is 7.13. The molecule has 28 heavy (non-hydrogen) atoms. The molecule has 2 amide bonds. The van der Waals surface area contributed by atoms with Gasteiger partial charge in [0.1, 0.15) is 5.69 Å². The third-order valence-electron chi connectivity index (χ3n) is 4.95. The lowest BCUT2D eigenvalue weighted by Crippen LogP contribution is -2.46. The number of thiophene rings is 1. The molecule has 1 aliphatic heterocycles. The van der Waals surface area contributed by atoms with E-state index in [0.717, 1.165) is 18.4 Å². The van der Waals surface area contributed by atoms with Gasteiger partial charge in [0.05, 0.1) is 0 Å². The van der Waals surface area contributed by atoms with Crippen LogP contribution in [0.15, 0.2) is 66.2 Å². The molecule has 0 radical (unpaired) electrons. The summed E-state index contributed by atoms with van der Waals surface area (Å²) in [6, 6.07) is 17.2. The Morgan fingerprint density at radius 2 is 1.79 bits per heavy atom. The second kappa shape index (κ2) is 8.35. The van der Waals surface area contributed by atoms with E-state index in [9.17, 15) is 9.59 Å². The summed E-state index contributed by atoms with van der Waals surface area (Å²) in [7, 11) is 0. The maximum Gasteiger partial charge on any atom is 0.270 e. The molecular formula is C22H21N3O2S. The van der Waals surface area contributed by atoms with Gasteiger partial charge in [0.15, 0.2) is 0 Å². The molecule has 0 atom stereocenters. The molecule has 1 N–H and O–H groups in total. The van der Waals surface area contributed by atoms with Crippen molar-refractivity contribution in [2.24, 2.45) is 0 Å². The summed E-state index contributed by atoms with van der Waals surface area (Å²) in [6.07, 6.45) is 3.11. The molecule has 0 spiro atoms. The average Bonchev–Trinajstić information content (AvgIpc) is 3.29. The Labute approximate surface area is 168 Å². The highest BCUT2D eigenvalue weighted by Crippen LogP contribution is 2.25. The van der Waals surface area contributed by atoms with Crippen LogP contribution in [0.5, 0.6) is 0 Å². The number of hydrogen-bond acceptors (Lipinski definition) is 4. The number of aromatic nitrogens is 1. The number of carbonyl (C=O) groups excluding carboxylic acids is 2. The van der Waals surface area contributed by atoms with Crippen molar-refractivity contribution in [2.75, 3.05) is 13.1 Å². The van der Waals surface area contributed by atoms with Crippen molar-refractivity contribution < 1.29 is 9.59 Å². The number of hydrogen-bond donors (Lipinski definition) is 1. The minimum atomic E-state index is -0.158. The fourth-order valence-corrected chi connectivity index (χ4v) is 4.12. The number of carbonyl (C=O) groups is 2. The van der Waals surface area contributed by atoms with E-state index < -0.39 is 0 Å². The number of likely N-dealkylation sites (tertiary alicyclic amines) is 1. The Bertz CT molecular complexity index is 932. The Balaban J connectivity index is 1.32. The van der Waals surface area contributed by atoms with Gasteiger partial charge in [-0.25, -0.2) is 0 Å². The van der Waals surface area contributed by atoms with Gasteiger partial charge in [0.25, 0.3) is 11.8 Å². The van der Waals surface area contributed by atoms with Crippen LogP contribution < -0.4 is 5.32 Å². The van der Waals surface area contributed by atoms with E-state index in [1.165, 1.54) is 4.88 Å². The molecule has 1 fully saturated rings. The minimum Gasteiger partial charge on any atom is -0.348 e. The third kappa shape index (κ3) is 4.12. The first-order valence-corrected chi connectivity index (χ1v) is 10.2. The van der Waals surface area contributed by atoms with Gasteiger partial charge in [-0.05, 0) is 54.1 Å². The van der Waals surface area contributed by atoms with Gasteiger partial charge < -0.3 is 10.2 Å². The monoisotopic (exact) mass is 391 g/mol. The van der Waals surface area contributed by atoms with Crippen molar-refractivity contribution in [3.05, 3.63) is 77.4 Å². The molecule has 3 heterocycles. The van der Waals surface area contributed by atoms with Crippen LogP contribution in [0, 0.1) is 0 Å². The quantitative estimate of drug-likeness (QED) is 0.735. The number of piperidine rings is 1. The number of pyridine rings is 1. The maximum atomic E-state index is 12.8. The van der Waals surface area contributed by atoms with Crippen molar-refractivity contribution in [2.45, 2.75) is 18.9 Å². The molecule has 4 rings (SSSR count). The van der Waals surface area contributed by atoms with Crippen molar-refractivity contribution in [1.82, 2.24) is 15.2 Å². The lowest BCUT2D eigenvalue weighted by molar-refractivity contribution is 0.0697. The van der Waals surface area contributed by atoms with Crippen LogP contribution >= 0.6 is 11.3 Å². The van der Waals surface area contributed by atoms with E-state index in [1.54, 1.807) is 35.7 Å². The molecule has 1 aliphatic rings. The predicted molar refractivity (Wildman–Crippen MR) is 110 cm³/mol. The van der Waals surface area contributed by atoms with E-state index in [2.05, 4.69) is 16.4 Å². The fourth-order valence-electron chi connectivity index (χ4n) is 3.39. The van der Waals surface area contributed by atoms with Gasteiger partial charge in [-0.2, -0.15) is 0 Å². The summed E-state index contributed by atoms with van der Waals surface area (Å²) in [6.45, 7) is 1.28. The van der Waals surface area contributed by atoms with E-state index in [-0.39, 0.29) is 17.9 Å². The number of rotatable bonds is 4. The standard InChI is InChI=1S/C22H21N3O2S/c26-21(19-4-1-2-12-23-19)24-18-10-13-25(14-11-18)22(27)17-8-6-16(7-9-17)20-5-3-15-28-20/h1-9,12,15,18H,10-11,13-14H2,(H,24,26). The Hall–Kier alpha value is -2.99. The molecule has 1 aromatic carbocycles. The van der Waals surface area contributed by atoms with Crippen LogP contribution in [0.1, 0.15) is 33.7 Å². The number of nitrogens with one attached hydrogen (secondary N) is 1. The summed E-state index contributed by atoms with van der Waals surface area (Å²) in [5.41, 5.74) is 2.26. The van der Waals surface area contributed by atoms with Crippen molar-refractivity contribution in [3.63, 3.8) is 0 Å². The highest BCUT2D eigenvalue weighted by atomic mass is 32.1. The number of benzene rings is 1. The smallest absolute Gasteiger partial charge is 0.270 e. The third-order valence-corrected chi connectivity index (χ3v) is 5.87. The summed E-state index contributed by atoms with van der Waals surface area (Å²) >= 11 is 1.69. The second-order valence-corrected chi connectivity index (χ2v) is 7.76. The van der Waals surface area contributed by atoms with Crippen molar-refractivity contribution >= 4 is 23.2 Å². The van der Waals surface area contributed by atoms with E-state index >= 15 is 0 Å². The second-order valence-electron chi connectivity index (χ2n) is 6.81. The Morgan fingerprint density at radius 3 is 2.43 bits per heavy atom. The van der Waals surface area contributed by atoms with Gasteiger partial charge in [-0.15, -0.1) is 11.3 Å². The molecule has 0 bridgehead atoms. The molecule has 2 aromatic heterocycles. The first kappa shape index (κ1) is 18.4. The molecular weight excluding hydrogens is 370 g/mol. The van der Waals surface area contributed by atoms with Gasteiger partial charge in [-0.3, -0.25) is 14.6 Å². The van der Waals surface area contributed by atoms with Gasteiger partial charge in [0, 0.05) is 35.8 Å². The van der Waals surface area contributed by atoms with Gasteiger partial charge in [-0.1, -0.05) is 24.3 Å². The summed E-state index contributed by atoms with van der Waals surface area (Å²) in [4.78, 5) is 32.1. The maximum absolute atomic E-state index is 12.8. The molecule has 1 saturated heterocycles. The van der Waals surface area contributed by atoms with E-state index in [0.29, 0.717) is 24.3 Å². The molecule has 5 nitrogen and oxygen atoms in total. The van der Waals surface area contributed by atoms with Gasteiger partial charge in [0.2, 0.25) is 0 Å².